The van der Waals surface area contributed by atoms with Gasteiger partial charge in [-0.3, -0.25) is 0 Å². The van der Waals surface area contributed by atoms with E-state index in [4.69, 9.17) is 0 Å². The molecule has 0 saturated heterocycles. The molecule has 3 aromatic carbocycles. The fourth-order valence-electron chi connectivity index (χ4n) is 2.92. The minimum Gasteiger partial charge on any atom is -0.228 e. The van der Waals surface area contributed by atoms with Crippen molar-refractivity contribution in [2.45, 2.75) is 0 Å². The molecule has 0 fully saturated rings. The van der Waals surface area contributed by atoms with Crippen molar-refractivity contribution < 1.29 is 4.39 Å². The van der Waals surface area contributed by atoms with Crippen molar-refractivity contribution in [1.29, 1.82) is 0 Å². The predicted molar refractivity (Wildman–Crippen MR) is 94.6 cm³/mol. The number of benzene rings is 3. The fraction of sp³-hybridized carbons (Fsp3) is 0. The number of rotatable bonds is 2. The van der Waals surface area contributed by atoms with Gasteiger partial charge in [-0.25, -0.2) is 4.98 Å². The van der Waals surface area contributed by atoms with Gasteiger partial charge in [0.2, 0.25) is 5.95 Å². The van der Waals surface area contributed by atoms with Crippen LogP contribution in [0.2, 0.25) is 0 Å². The minimum atomic E-state index is -0.451. The van der Waals surface area contributed by atoms with Crippen LogP contribution < -0.4 is 0 Å². The number of aromatic nitrogens is 1. The Kier molecular flexibility index (Phi) is 3.35. The van der Waals surface area contributed by atoms with Gasteiger partial charge in [0.25, 0.3) is 0 Å². The SMILES string of the molecule is Fc1ncccc1C=Cc1c2ccccc2cc2ccccc12. The Labute approximate surface area is 133 Å². The molecule has 0 amide bonds. The molecular formula is C21H14FN. The highest BCUT2D eigenvalue weighted by atomic mass is 19.1. The van der Waals surface area contributed by atoms with Crippen LogP contribution in [0.5, 0.6) is 0 Å². The number of fused-ring (bicyclic) bond motifs is 2. The molecule has 4 aromatic rings. The number of hydrogen-bond donors (Lipinski definition) is 0. The van der Waals surface area contributed by atoms with Crippen molar-refractivity contribution in [3.8, 4) is 0 Å². The number of pyridine rings is 1. The summed E-state index contributed by atoms with van der Waals surface area (Å²) in [6.45, 7) is 0. The summed E-state index contributed by atoms with van der Waals surface area (Å²) in [4.78, 5) is 3.70. The van der Waals surface area contributed by atoms with E-state index in [0.29, 0.717) is 5.56 Å². The molecule has 0 unspecified atom stereocenters. The van der Waals surface area contributed by atoms with E-state index in [1.807, 2.05) is 30.3 Å². The van der Waals surface area contributed by atoms with Gasteiger partial charge in [0.05, 0.1) is 0 Å². The molecule has 1 heterocycles. The molecule has 2 heteroatoms. The van der Waals surface area contributed by atoms with Crippen LogP contribution in [0.4, 0.5) is 4.39 Å². The van der Waals surface area contributed by atoms with E-state index in [-0.39, 0.29) is 0 Å². The van der Waals surface area contributed by atoms with E-state index in [1.165, 1.54) is 17.0 Å². The average molecular weight is 299 g/mol. The average Bonchev–Trinajstić information content (AvgIpc) is 2.60. The largest absolute Gasteiger partial charge is 0.228 e. The monoisotopic (exact) mass is 299 g/mol. The van der Waals surface area contributed by atoms with Crippen LogP contribution in [0.3, 0.4) is 0 Å². The summed E-state index contributed by atoms with van der Waals surface area (Å²) >= 11 is 0. The number of nitrogens with zero attached hydrogens (tertiary/aromatic N) is 1. The van der Waals surface area contributed by atoms with Crippen LogP contribution in [0.25, 0.3) is 33.7 Å². The first-order valence-corrected chi connectivity index (χ1v) is 7.52. The van der Waals surface area contributed by atoms with Gasteiger partial charge < -0.3 is 0 Å². The zero-order chi connectivity index (χ0) is 15.6. The topological polar surface area (TPSA) is 12.9 Å². The summed E-state index contributed by atoms with van der Waals surface area (Å²) in [5.74, 6) is -0.451. The zero-order valence-electron chi connectivity index (χ0n) is 12.4. The quantitative estimate of drug-likeness (QED) is 0.342. The molecule has 0 aliphatic carbocycles. The van der Waals surface area contributed by atoms with E-state index in [1.54, 1.807) is 18.2 Å². The lowest BCUT2D eigenvalue weighted by molar-refractivity contribution is 0.581. The van der Waals surface area contributed by atoms with Crippen molar-refractivity contribution in [1.82, 2.24) is 4.98 Å². The van der Waals surface area contributed by atoms with Crippen LogP contribution in [0.15, 0.2) is 72.9 Å². The fourth-order valence-corrected chi connectivity index (χ4v) is 2.92. The molecule has 110 valence electrons. The molecule has 1 nitrogen and oxygen atoms in total. The van der Waals surface area contributed by atoms with Crippen molar-refractivity contribution in [2.24, 2.45) is 0 Å². The lowest BCUT2D eigenvalue weighted by atomic mass is 9.96. The third-order valence-electron chi connectivity index (χ3n) is 4.03. The first-order valence-electron chi connectivity index (χ1n) is 7.52. The maximum Gasteiger partial charge on any atom is 0.220 e. The van der Waals surface area contributed by atoms with E-state index in [2.05, 4.69) is 35.3 Å². The van der Waals surface area contributed by atoms with Crippen molar-refractivity contribution in [3.05, 3.63) is 90.0 Å². The first-order chi connectivity index (χ1) is 11.3. The molecule has 0 bridgehead atoms. The Morgan fingerprint density at radius 2 is 1.39 bits per heavy atom. The molecule has 23 heavy (non-hydrogen) atoms. The standard InChI is InChI=1S/C21H14FN/c22-21-15(8-5-13-23-21)11-12-20-18-9-3-1-6-16(18)14-17-7-2-4-10-19(17)20/h1-14H. The number of halogens is 1. The highest BCUT2D eigenvalue weighted by Crippen LogP contribution is 2.30. The van der Waals surface area contributed by atoms with Crippen LogP contribution in [-0.2, 0) is 0 Å². The third-order valence-corrected chi connectivity index (χ3v) is 4.03. The highest BCUT2D eigenvalue weighted by Gasteiger charge is 2.05. The van der Waals surface area contributed by atoms with Crippen LogP contribution >= 0.6 is 0 Å². The Hall–Kier alpha value is -3.00. The molecule has 0 atom stereocenters. The Morgan fingerprint density at radius 1 is 0.739 bits per heavy atom. The molecule has 0 spiro atoms. The van der Waals surface area contributed by atoms with Crippen molar-refractivity contribution in [3.63, 3.8) is 0 Å². The van der Waals surface area contributed by atoms with Crippen molar-refractivity contribution >= 4 is 33.7 Å². The summed E-state index contributed by atoms with van der Waals surface area (Å²) < 4.78 is 13.8. The van der Waals surface area contributed by atoms with Crippen molar-refractivity contribution in [2.75, 3.05) is 0 Å². The Balaban J connectivity index is 1.98. The lowest BCUT2D eigenvalue weighted by Crippen LogP contribution is -1.86. The smallest absolute Gasteiger partial charge is 0.220 e. The van der Waals surface area contributed by atoms with E-state index >= 15 is 0 Å². The summed E-state index contributed by atoms with van der Waals surface area (Å²) in [6.07, 6.45) is 5.22. The van der Waals surface area contributed by atoms with Gasteiger partial charge in [0.15, 0.2) is 0 Å². The highest BCUT2D eigenvalue weighted by molar-refractivity contribution is 6.07. The summed E-state index contributed by atoms with van der Waals surface area (Å²) in [6, 6.07) is 22.2. The second-order valence-corrected chi connectivity index (χ2v) is 5.45. The van der Waals surface area contributed by atoms with Gasteiger partial charge in [-0.1, -0.05) is 54.6 Å². The Bertz CT molecular complexity index is 980. The molecule has 0 N–H and O–H groups in total. The summed E-state index contributed by atoms with van der Waals surface area (Å²) in [7, 11) is 0. The zero-order valence-corrected chi connectivity index (χ0v) is 12.4. The number of hydrogen-bond acceptors (Lipinski definition) is 1. The third kappa shape index (κ3) is 2.49. The van der Waals surface area contributed by atoms with E-state index < -0.39 is 5.95 Å². The van der Waals surface area contributed by atoms with Gasteiger partial charge in [-0.15, -0.1) is 0 Å². The summed E-state index contributed by atoms with van der Waals surface area (Å²) in [5.41, 5.74) is 1.59. The minimum absolute atomic E-state index is 0.451. The molecule has 0 saturated carbocycles. The molecule has 0 aliphatic heterocycles. The van der Waals surface area contributed by atoms with E-state index in [9.17, 15) is 4.39 Å². The van der Waals surface area contributed by atoms with Crippen LogP contribution in [-0.4, -0.2) is 4.98 Å². The predicted octanol–water partition coefficient (Wildman–Crippen LogP) is 5.70. The second kappa shape index (κ2) is 5.65. The maximum absolute atomic E-state index is 13.8. The van der Waals surface area contributed by atoms with Gasteiger partial charge in [-0.05, 0) is 51.4 Å². The normalized spacial score (nSPS) is 11.5. The molecular weight excluding hydrogens is 285 g/mol. The molecule has 4 rings (SSSR count). The maximum atomic E-state index is 13.8. The van der Waals surface area contributed by atoms with Crippen LogP contribution in [0.1, 0.15) is 11.1 Å². The van der Waals surface area contributed by atoms with E-state index in [0.717, 1.165) is 16.3 Å². The van der Waals surface area contributed by atoms with Gasteiger partial charge in [0.1, 0.15) is 0 Å². The molecule has 0 radical (unpaired) electrons. The second-order valence-electron chi connectivity index (χ2n) is 5.45. The first kappa shape index (κ1) is 13.6. The van der Waals surface area contributed by atoms with Gasteiger partial charge in [-0.2, -0.15) is 4.39 Å². The van der Waals surface area contributed by atoms with Crippen LogP contribution in [0, 0.1) is 5.95 Å². The lowest BCUT2D eigenvalue weighted by Gasteiger charge is -2.08. The summed E-state index contributed by atoms with van der Waals surface area (Å²) in [5, 5.41) is 4.67. The Morgan fingerprint density at radius 3 is 2.04 bits per heavy atom. The van der Waals surface area contributed by atoms with Gasteiger partial charge in [0, 0.05) is 11.8 Å². The van der Waals surface area contributed by atoms with Gasteiger partial charge >= 0.3 is 0 Å². The molecule has 0 aliphatic rings. The molecule has 1 aromatic heterocycles.